The highest BCUT2D eigenvalue weighted by Gasteiger charge is 2.31. The molecule has 106 valence electrons. The van der Waals surface area contributed by atoms with Crippen LogP contribution in [-0.2, 0) is 10.0 Å². The Morgan fingerprint density at radius 2 is 1.63 bits per heavy atom. The maximum atomic E-state index is 12.6. The summed E-state index contributed by atoms with van der Waals surface area (Å²) in [6.45, 7) is 5.43. The van der Waals surface area contributed by atoms with Crippen LogP contribution < -0.4 is 4.74 Å². The van der Waals surface area contributed by atoms with Gasteiger partial charge < -0.3 is 4.74 Å². The Kier molecular flexibility index (Phi) is 4.16. The van der Waals surface area contributed by atoms with Crippen LogP contribution in [0.25, 0.3) is 0 Å². The van der Waals surface area contributed by atoms with E-state index in [9.17, 15) is 8.42 Å². The molecular formula is C14H21NO3S. The van der Waals surface area contributed by atoms with Crippen molar-refractivity contribution < 1.29 is 13.2 Å². The van der Waals surface area contributed by atoms with Crippen LogP contribution in [0, 0.1) is 11.8 Å². The maximum Gasteiger partial charge on any atom is 0.243 e. The summed E-state index contributed by atoms with van der Waals surface area (Å²) in [5, 5.41) is 0. The largest absolute Gasteiger partial charge is 0.497 e. The van der Waals surface area contributed by atoms with Crippen LogP contribution in [0.3, 0.4) is 0 Å². The monoisotopic (exact) mass is 283 g/mol. The van der Waals surface area contributed by atoms with Crippen LogP contribution in [0.15, 0.2) is 29.2 Å². The lowest BCUT2D eigenvalue weighted by molar-refractivity contribution is 0.222. The number of sulfonamides is 1. The molecule has 0 radical (unpaired) electrons. The Labute approximate surface area is 115 Å². The van der Waals surface area contributed by atoms with E-state index < -0.39 is 10.0 Å². The van der Waals surface area contributed by atoms with Crippen molar-refractivity contribution in [2.45, 2.75) is 25.2 Å². The predicted molar refractivity (Wildman–Crippen MR) is 74.7 cm³/mol. The van der Waals surface area contributed by atoms with E-state index in [1.807, 2.05) is 0 Å². The lowest BCUT2D eigenvalue weighted by Gasteiger charge is -2.34. The minimum atomic E-state index is -3.38. The summed E-state index contributed by atoms with van der Waals surface area (Å²) in [5.74, 6) is 1.49. The van der Waals surface area contributed by atoms with Gasteiger partial charge in [-0.15, -0.1) is 0 Å². The van der Waals surface area contributed by atoms with Gasteiger partial charge in [0.15, 0.2) is 0 Å². The van der Waals surface area contributed by atoms with E-state index in [2.05, 4.69) is 13.8 Å². The lowest BCUT2D eigenvalue weighted by Crippen LogP contribution is -2.42. The highest BCUT2D eigenvalue weighted by Crippen LogP contribution is 2.27. The molecule has 5 heteroatoms. The van der Waals surface area contributed by atoms with Crippen LogP contribution in [0.4, 0.5) is 0 Å². The molecule has 1 aromatic rings. The zero-order valence-electron chi connectivity index (χ0n) is 11.7. The molecule has 1 aromatic carbocycles. The van der Waals surface area contributed by atoms with Crippen LogP contribution >= 0.6 is 0 Å². The van der Waals surface area contributed by atoms with Crippen molar-refractivity contribution in [2.24, 2.45) is 11.8 Å². The molecule has 2 rings (SSSR count). The molecule has 4 nitrogen and oxygen atoms in total. The lowest BCUT2D eigenvalue weighted by atomic mass is 9.94. The summed E-state index contributed by atoms with van der Waals surface area (Å²) in [5.41, 5.74) is 0. The van der Waals surface area contributed by atoms with Crippen molar-refractivity contribution in [3.05, 3.63) is 24.3 Å². The SMILES string of the molecule is COc1ccc(S(=O)(=O)N2C[C@@H](C)C[C@H](C)C2)cc1. The third-order valence-electron chi connectivity index (χ3n) is 3.53. The fraction of sp³-hybridized carbons (Fsp3) is 0.571. The first-order valence-electron chi connectivity index (χ1n) is 6.57. The quantitative estimate of drug-likeness (QED) is 0.855. The first-order chi connectivity index (χ1) is 8.93. The molecule has 1 fully saturated rings. The van der Waals surface area contributed by atoms with Gasteiger partial charge >= 0.3 is 0 Å². The van der Waals surface area contributed by atoms with Gasteiger partial charge in [0.1, 0.15) is 5.75 Å². The zero-order chi connectivity index (χ0) is 14.0. The second kappa shape index (κ2) is 5.51. The Morgan fingerprint density at radius 3 is 2.11 bits per heavy atom. The molecule has 0 aromatic heterocycles. The first kappa shape index (κ1) is 14.3. The molecule has 0 aliphatic carbocycles. The second-order valence-corrected chi connectivity index (χ2v) is 7.38. The Hall–Kier alpha value is -1.07. The van der Waals surface area contributed by atoms with Gasteiger partial charge in [0.05, 0.1) is 12.0 Å². The van der Waals surface area contributed by atoms with E-state index in [-0.39, 0.29) is 0 Å². The summed E-state index contributed by atoms with van der Waals surface area (Å²) in [4.78, 5) is 0.342. The van der Waals surface area contributed by atoms with E-state index in [1.54, 1.807) is 35.7 Å². The number of ether oxygens (including phenoxy) is 1. The van der Waals surface area contributed by atoms with Crippen LogP contribution in [0.1, 0.15) is 20.3 Å². The van der Waals surface area contributed by atoms with Crippen molar-refractivity contribution >= 4 is 10.0 Å². The molecule has 1 aliphatic heterocycles. The summed E-state index contributed by atoms with van der Waals surface area (Å²) >= 11 is 0. The molecule has 0 bridgehead atoms. The van der Waals surface area contributed by atoms with Crippen LogP contribution in [0.5, 0.6) is 5.75 Å². The van der Waals surface area contributed by atoms with Gasteiger partial charge in [-0.2, -0.15) is 4.31 Å². The number of methoxy groups -OCH3 is 1. The second-order valence-electron chi connectivity index (χ2n) is 5.44. The van der Waals surface area contributed by atoms with Crippen LogP contribution in [0.2, 0.25) is 0 Å². The number of rotatable bonds is 3. The number of piperidine rings is 1. The molecule has 0 unspecified atom stereocenters. The predicted octanol–water partition coefficient (Wildman–Crippen LogP) is 2.36. The minimum Gasteiger partial charge on any atom is -0.497 e. The van der Waals surface area contributed by atoms with E-state index in [0.717, 1.165) is 6.42 Å². The van der Waals surface area contributed by atoms with Crippen molar-refractivity contribution in [1.82, 2.24) is 4.31 Å². The Balaban J connectivity index is 2.25. The van der Waals surface area contributed by atoms with Gasteiger partial charge in [-0.3, -0.25) is 0 Å². The average Bonchev–Trinajstić information content (AvgIpc) is 2.37. The number of hydrogen-bond acceptors (Lipinski definition) is 3. The van der Waals surface area contributed by atoms with E-state index in [4.69, 9.17) is 4.74 Å². The Bertz CT molecular complexity index is 514. The van der Waals surface area contributed by atoms with Gasteiger partial charge in [-0.25, -0.2) is 8.42 Å². The van der Waals surface area contributed by atoms with Gasteiger partial charge in [0, 0.05) is 13.1 Å². The van der Waals surface area contributed by atoms with E-state index >= 15 is 0 Å². The summed E-state index contributed by atoms with van der Waals surface area (Å²) in [6.07, 6.45) is 1.09. The smallest absolute Gasteiger partial charge is 0.243 e. The van der Waals surface area contributed by atoms with Crippen molar-refractivity contribution in [2.75, 3.05) is 20.2 Å². The standard InChI is InChI=1S/C14H21NO3S/c1-11-8-12(2)10-15(9-11)19(16,17)14-6-4-13(18-3)5-7-14/h4-7,11-12H,8-10H2,1-3H3/t11-,12-/m0/s1. The normalized spacial score (nSPS) is 25.2. The zero-order valence-corrected chi connectivity index (χ0v) is 12.5. The van der Waals surface area contributed by atoms with Crippen LogP contribution in [-0.4, -0.2) is 32.9 Å². The average molecular weight is 283 g/mol. The fourth-order valence-electron chi connectivity index (χ4n) is 2.70. The summed E-state index contributed by atoms with van der Waals surface area (Å²) < 4.78 is 31.8. The molecule has 0 saturated carbocycles. The topological polar surface area (TPSA) is 46.6 Å². The first-order valence-corrected chi connectivity index (χ1v) is 8.01. The highest BCUT2D eigenvalue weighted by atomic mass is 32.2. The summed E-state index contributed by atoms with van der Waals surface area (Å²) in [6, 6.07) is 6.59. The number of benzene rings is 1. The van der Waals surface area contributed by atoms with Gasteiger partial charge in [-0.05, 0) is 42.5 Å². The molecule has 2 atom stereocenters. The number of hydrogen-bond donors (Lipinski definition) is 0. The van der Waals surface area contributed by atoms with Gasteiger partial charge in [0.25, 0.3) is 0 Å². The third kappa shape index (κ3) is 3.09. The molecule has 0 N–H and O–H groups in total. The van der Waals surface area contributed by atoms with Crippen molar-refractivity contribution in [3.63, 3.8) is 0 Å². The van der Waals surface area contributed by atoms with E-state index in [0.29, 0.717) is 35.6 Å². The van der Waals surface area contributed by atoms with Crippen molar-refractivity contribution in [1.29, 1.82) is 0 Å². The molecule has 19 heavy (non-hydrogen) atoms. The minimum absolute atomic E-state index is 0.342. The molecular weight excluding hydrogens is 262 g/mol. The highest BCUT2D eigenvalue weighted by molar-refractivity contribution is 7.89. The fourth-order valence-corrected chi connectivity index (χ4v) is 4.38. The molecule has 1 heterocycles. The third-order valence-corrected chi connectivity index (χ3v) is 5.38. The molecule has 1 aliphatic rings. The Morgan fingerprint density at radius 1 is 1.11 bits per heavy atom. The summed E-state index contributed by atoms with van der Waals surface area (Å²) in [7, 11) is -1.81. The van der Waals surface area contributed by atoms with E-state index in [1.165, 1.54) is 0 Å². The molecule has 0 spiro atoms. The molecule has 0 amide bonds. The number of nitrogens with zero attached hydrogens (tertiary/aromatic N) is 1. The molecule has 1 saturated heterocycles. The van der Waals surface area contributed by atoms with Gasteiger partial charge in [0.2, 0.25) is 10.0 Å². The van der Waals surface area contributed by atoms with Crippen molar-refractivity contribution in [3.8, 4) is 5.75 Å². The maximum absolute atomic E-state index is 12.6. The van der Waals surface area contributed by atoms with Gasteiger partial charge in [-0.1, -0.05) is 13.8 Å².